The summed E-state index contributed by atoms with van der Waals surface area (Å²) >= 11 is 1.74. The van der Waals surface area contributed by atoms with Crippen molar-refractivity contribution < 1.29 is 4.42 Å². The van der Waals surface area contributed by atoms with Crippen molar-refractivity contribution in [2.45, 2.75) is 0 Å². The van der Waals surface area contributed by atoms with Gasteiger partial charge in [-0.05, 0) is 76.1 Å². The number of para-hydroxylation sites is 3. The summed E-state index contributed by atoms with van der Waals surface area (Å²) in [6.07, 6.45) is 3.65. The Morgan fingerprint density at radius 3 is 1.39 bits per heavy atom. The van der Waals surface area contributed by atoms with Crippen molar-refractivity contribution in [1.29, 1.82) is 0 Å². The van der Waals surface area contributed by atoms with Crippen molar-refractivity contribution in [2.24, 2.45) is 0 Å². The second kappa shape index (κ2) is 15.5. The van der Waals surface area contributed by atoms with E-state index in [1.165, 1.54) is 15.5 Å². The number of benzene rings is 8. The van der Waals surface area contributed by atoms with Crippen LogP contribution in [-0.4, -0.2) is 29.9 Å². The number of fused-ring (bicyclic) bond motifs is 10. The minimum Gasteiger partial charge on any atom is -0.436 e. The summed E-state index contributed by atoms with van der Waals surface area (Å²) in [6.45, 7) is 0. The molecule has 0 fully saturated rings. The Hall–Kier alpha value is -8.72. The molecule has 0 spiro atoms. The van der Waals surface area contributed by atoms with E-state index >= 15 is 0 Å². The first-order valence-electron chi connectivity index (χ1n) is 21.8. The lowest BCUT2D eigenvalue weighted by molar-refractivity contribution is 0.620. The molecule has 0 amide bonds. The molecule has 14 rings (SSSR count). The van der Waals surface area contributed by atoms with Crippen LogP contribution in [0.15, 0.2) is 211 Å². The van der Waals surface area contributed by atoms with Crippen LogP contribution >= 0.6 is 11.3 Å². The van der Waals surface area contributed by atoms with E-state index in [0.717, 1.165) is 110 Å². The highest BCUT2D eigenvalue weighted by atomic mass is 32.1. The van der Waals surface area contributed by atoms with Crippen molar-refractivity contribution in [1.82, 2.24) is 29.9 Å². The molecule has 0 aliphatic rings. The molecule has 0 saturated carbocycles. The lowest BCUT2D eigenvalue weighted by Gasteiger charge is -2.11. The molecule has 0 aliphatic carbocycles. The Kier molecular flexibility index (Phi) is 8.89. The van der Waals surface area contributed by atoms with Crippen molar-refractivity contribution in [3.05, 3.63) is 207 Å². The quantitative estimate of drug-likeness (QED) is 0.163. The molecule has 0 atom stereocenters. The fourth-order valence-electron chi connectivity index (χ4n) is 9.14. The van der Waals surface area contributed by atoms with Gasteiger partial charge in [-0.15, -0.1) is 11.3 Å². The van der Waals surface area contributed by atoms with E-state index in [0.29, 0.717) is 5.89 Å². The first-order chi connectivity index (χ1) is 32.7. The van der Waals surface area contributed by atoms with Gasteiger partial charge in [0, 0.05) is 56.2 Å². The zero-order valence-corrected chi connectivity index (χ0v) is 35.9. The van der Waals surface area contributed by atoms with Crippen LogP contribution < -0.4 is 0 Å². The minimum atomic E-state index is 0.626. The maximum atomic E-state index is 6.08. The van der Waals surface area contributed by atoms with Crippen LogP contribution in [0, 0.1) is 0 Å². The third-order valence-electron chi connectivity index (χ3n) is 12.3. The number of hydrogen-bond acceptors (Lipinski definition) is 8. The van der Waals surface area contributed by atoms with E-state index in [9.17, 15) is 0 Å². The highest BCUT2D eigenvalue weighted by Gasteiger charge is 2.17. The first-order valence-corrected chi connectivity index (χ1v) is 22.6. The fraction of sp³-hybridized carbons (Fsp3) is 0. The van der Waals surface area contributed by atoms with Gasteiger partial charge < -0.3 is 4.42 Å². The van der Waals surface area contributed by atoms with E-state index < -0.39 is 0 Å². The summed E-state index contributed by atoms with van der Waals surface area (Å²) in [4.78, 5) is 29.0. The molecule has 8 heteroatoms. The first kappa shape index (κ1) is 37.8. The Balaban J connectivity index is 0.000000132. The van der Waals surface area contributed by atoms with Crippen molar-refractivity contribution in [3.8, 4) is 44.5 Å². The molecule has 14 aromatic rings. The van der Waals surface area contributed by atoms with E-state index in [1.54, 1.807) is 11.3 Å². The van der Waals surface area contributed by atoms with Gasteiger partial charge in [-0.1, -0.05) is 140 Å². The smallest absolute Gasteiger partial charge is 0.227 e. The number of pyridine rings is 4. The van der Waals surface area contributed by atoms with Crippen LogP contribution in [0.3, 0.4) is 0 Å². The van der Waals surface area contributed by atoms with Crippen LogP contribution in [0.25, 0.3) is 131 Å². The molecular weight excluding hydrogens is 829 g/mol. The third kappa shape index (κ3) is 6.42. The number of thiazole rings is 1. The average Bonchev–Trinajstić information content (AvgIpc) is 4.03. The van der Waals surface area contributed by atoms with Crippen LogP contribution in [-0.2, 0) is 0 Å². The largest absolute Gasteiger partial charge is 0.436 e. The molecule has 0 aliphatic heterocycles. The Labute approximate surface area is 381 Å². The number of oxazole rings is 1. The second-order valence-electron chi connectivity index (χ2n) is 16.2. The number of aromatic nitrogens is 6. The zero-order chi connectivity index (χ0) is 43.6. The third-order valence-corrected chi connectivity index (χ3v) is 13.4. The molecule has 6 aromatic heterocycles. The SMILES string of the molecule is c1cnc2c(c1)ccc1ccc(-c3ccc(-c4nc5ccccc5o4)c4ccccc34)nc12.c1cnc2c(c1)ccc1ccc(-c3ccc(-c4nc5ccccc5s4)c4ccccc34)nc12. The van der Waals surface area contributed by atoms with Crippen LogP contribution in [0.2, 0.25) is 0 Å². The lowest BCUT2D eigenvalue weighted by atomic mass is 9.97. The van der Waals surface area contributed by atoms with Gasteiger partial charge in [0.1, 0.15) is 10.5 Å². The number of hydrogen-bond donors (Lipinski definition) is 0. The molecule has 0 radical (unpaired) electrons. The predicted molar refractivity (Wildman–Crippen MR) is 272 cm³/mol. The molecule has 8 aromatic carbocycles. The molecule has 0 saturated heterocycles. The average molecular weight is 863 g/mol. The molecule has 66 heavy (non-hydrogen) atoms. The monoisotopic (exact) mass is 862 g/mol. The maximum absolute atomic E-state index is 6.08. The van der Waals surface area contributed by atoms with Gasteiger partial charge in [0.05, 0.1) is 43.7 Å². The van der Waals surface area contributed by atoms with Crippen molar-refractivity contribution in [3.63, 3.8) is 0 Å². The highest BCUT2D eigenvalue weighted by molar-refractivity contribution is 7.21. The van der Waals surface area contributed by atoms with Gasteiger partial charge in [-0.25, -0.2) is 19.9 Å². The summed E-state index contributed by atoms with van der Waals surface area (Å²) in [6, 6.07) is 66.5. The molecular formula is C58H34N6OS. The van der Waals surface area contributed by atoms with Gasteiger partial charge in [0.15, 0.2) is 5.58 Å². The van der Waals surface area contributed by atoms with E-state index in [2.05, 4.69) is 156 Å². The topological polar surface area (TPSA) is 90.5 Å². The molecule has 6 heterocycles. The summed E-state index contributed by atoms with van der Waals surface area (Å²) in [5, 5.41) is 9.97. The summed E-state index contributed by atoms with van der Waals surface area (Å²) in [5.74, 6) is 0.626. The van der Waals surface area contributed by atoms with E-state index in [4.69, 9.17) is 24.4 Å². The standard InChI is InChI=1S/C29H17N3O.C29H17N3S/c2*1-2-8-21-20(7-1)22(14-15-23(21)29-32-25-9-3-4-10-26(25)33-29)24-16-13-19-12-11-18-6-5-17-30-27(18)28(19)31-24/h2*1-17H. The fourth-order valence-corrected chi connectivity index (χ4v) is 10.1. The number of rotatable bonds is 4. The highest BCUT2D eigenvalue weighted by Crippen LogP contribution is 2.40. The van der Waals surface area contributed by atoms with E-state index in [1.807, 2.05) is 60.9 Å². The zero-order valence-electron chi connectivity index (χ0n) is 35.1. The Morgan fingerprint density at radius 2 is 0.803 bits per heavy atom. The van der Waals surface area contributed by atoms with Crippen molar-refractivity contribution in [2.75, 3.05) is 0 Å². The summed E-state index contributed by atoms with van der Waals surface area (Å²) in [5.41, 5.74) is 12.6. The normalized spacial score (nSPS) is 11.6. The van der Waals surface area contributed by atoms with Gasteiger partial charge in [0.2, 0.25) is 5.89 Å². The number of nitrogens with zero attached hydrogens (tertiary/aromatic N) is 6. The lowest BCUT2D eigenvalue weighted by Crippen LogP contribution is -1.91. The summed E-state index contributed by atoms with van der Waals surface area (Å²) in [7, 11) is 0. The predicted octanol–water partition coefficient (Wildman–Crippen LogP) is 15.3. The van der Waals surface area contributed by atoms with Crippen molar-refractivity contribution >= 4 is 97.8 Å². The molecule has 0 unspecified atom stereocenters. The van der Waals surface area contributed by atoms with Gasteiger partial charge in [-0.2, -0.15) is 0 Å². The second-order valence-corrected chi connectivity index (χ2v) is 17.2. The molecule has 308 valence electrons. The Morgan fingerprint density at radius 1 is 0.333 bits per heavy atom. The molecule has 7 nitrogen and oxygen atoms in total. The molecule has 0 N–H and O–H groups in total. The van der Waals surface area contributed by atoms with Crippen LogP contribution in [0.1, 0.15) is 0 Å². The van der Waals surface area contributed by atoms with E-state index in [-0.39, 0.29) is 0 Å². The van der Waals surface area contributed by atoms with Gasteiger partial charge in [0.25, 0.3) is 0 Å². The summed E-state index contributed by atoms with van der Waals surface area (Å²) < 4.78 is 7.28. The Bertz CT molecular complexity index is 3880. The van der Waals surface area contributed by atoms with Gasteiger partial charge in [-0.3, -0.25) is 9.97 Å². The van der Waals surface area contributed by atoms with Gasteiger partial charge >= 0.3 is 0 Å². The minimum absolute atomic E-state index is 0.626. The van der Waals surface area contributed by atoms with Crippen LogP contribution in [0.4, 0.5) is 0 Å². The van der Waals surface area contributed by atoms with Crippen LogP contribution in [0.5, 0.6) is 0 Å². The molecule has 0 bridgehead atoms. The maximum Gasteiger partial charge on any atom is 0.227 e.